The van der Waals surface area contributed by atoms with E-state index in [9.17, 15) is 13.6 Å². The molecule has 1 aromatic carbocycles. The molecule has 0 atom stereocenters. The number of fused-ring (bicyclic) bond motifs is 1. The zero-order chi connectivity index (χ0) is 20.4. The molecule has 1 amide bonds. The van der Waals surface area contributed by atoms with Gasteiger partial charge >= 0.3 is 0 Å². The van der Waals surface area contributed by atoms with Gasteiger partial charge in [-0.05, 0) is 30.7 Å². The number of halogens is 2. The molecule has 2 aromatic heterocycles. The monoisotopic (exact) mass is 403 g/mol. The topological polar surface area (TPSA) is 91.1 Å². The lowest BCUT2D eigenvalue weighted by atomic mass is 10.1. The Balaban J connectivity index is 1.70. The summed E-state index contributed by atoms with van der Waals surface area (Å²) in [4.78, 5) is 23.2. The predicted octanol–water partition coefficient (Wildman–Crippen LogP) is 2.22. The maximum absolute atomic E-state index is 14.7. The fourth-order valence-corrected chi connectivity index (χ4v) is 3.07. The van der Waals surface area contributed by atoms with Crippen molar-refractivity contribution in [3.05, 3.63) is 54.0 Å². The number of rotatable bonds is 7. The van der Waals surface area contributed by atoms with Gasteiger partial charge in [0.1, 0.15) is 29.3 Å². The number of carbonyl (C=O) groups is 1. The first-order valence-corrected chi connectivity index (χ1v) is 9.07. The van der Waals surface area contributed by atoms with Crippen LogP contribution in [0.15, 0.2) is 36.8 Å². The highest BCUT2D eigenvalue weighted by Crippen LogP contribution is 2.30. The number of aliphatic hydroxyl groups is 1. The van der Waals surface area contributed by atoms with Crippen LogP contribution in [0.4, 0.5) is 26.0 Å². The Morgan fingerprint density at radius 1 is 1.24 bits per heavy atom. The van der Waals surface area contributed by atoms with Gasteiger partial charge in [0.05, 0.1) is 30.7 Å². The van der Waals surface area contributed by atoms with Crippen LogP contribution in [0.5, 0.6) is 0 Å². The molecule has 29 heavy (non-hydrogen) atoms. The molecule has 4 rings (SSSR count). The van der Waals surface area contributed by atoms with E-state index in [0.29, 0.717) is 0 Å². The maximum Gasteiger partial charge on any atom is 0.278 e. The summed E-state index contributed by atoms with van der Waals surface area (Å²) in [6, 6.07) is 5.78. The van der Waals surface area contributed by atoms with Crippen molar-refractivity contribution in [2.45, 2.75) is 6.42 Å². The molecule has 0 radical (unpaired) electrons. The van der Waals surface area contributed by atoms with Gasteiger partial charge in [0.25, 0.3) is 5.91 Å². The normalized spacial score (nSPS) is 13.4. The third-order valence-corrected chi connectivity index (χ3v) is 4.68. The quantitative estimate of drug-likeness (QED) is 0.414. The highest BCUT2D eigenvalue weighted by molar-refractivity contribution is 5.99. The van der Waals surface area contributed by atoms with Crippen LogP contribution in [-0.4, -0.2) is 46.7 Å². The van der Waals surface area contributed by atoms with Gasteiger partial charge in [0.2, 0.25) is 0 Å². The molecule has 3 aromatic rings. The van der Waals surface area contributed by atoms with Crippen molar-refractivity contribution in [2.24, 2.45) is 0 Å². The van der Waals surface area contributed by atoms with Crippen molar-refractivity contribution in [1.82, 2.24) is 14.9 Å². The Morgan fingerprint density at radius 3 is 2.76 bits per heavy atom. The average molecular weight is 403 g/mol. The van der Waals surface area contributed by atoms with E-state index in [1.165, 1.54) is 23.0 Å². The summed E-state index contributed by atoms with van der Waals surface area (Å²) in [5, 5.41) is 11.6. The summed E-state index contributed by atoms with van der Waals surface area (Å²) in [6.45, 7) is 1.35. The molecule has 1 saturated heterocycles. The summed E-state index contributed by atoms with van der Waals surface area (Å²) in [6.07, 6.45) is 3.69. The Hall–Kier alpha value is -3.24. The minimum atomic E-state index is -0.756. The van der Waals surface area contributed by atoms with Gasteiger partial charge in [-0.15, -0.1) is 0 Å². The van der Waals surface area contributed by atoms with Crippen LogP contribution in [0.2, 0.25) is 0 Å². The van der Waals surface area contributed by atoms with Crippen molar-refractivity contribution in [2.75, 3.05) is 36.5 Å². The van der Waals surface area contributed by atoms with Gasteiger partial charge in [0.15, 0.2) is 0 Å². The van der Waals surface area contributed by atoms with Crippen molar-refractivity contribution >= 4 is 28.6 Å². The van der Waals surface area contributed by atoms with E-state index in [0.717, 1.165) is 31.3 Å². The van der Waals surface area contributed by atoms with Gasteiger partial charge in [-0.3, -0.25) is 14.0 Å². The van der Waals surface area contributed by atoms with E-state index in [1.54, 1.807) is 12.1 Å². The number of nitrogens with one attached hydrogen (secondary N) is 2. The number of amides is 1. The molecular formula is C19H19F2N5O3. The molecule has 3 heterocycles. The van der Waals surface area contributed by atoms with Crippen molar-refractivity contribution in [1.29, 1.82) is 0 Å². The van der Waals surface area contributed by atoms with E-state index in [1.807, 2.05) is 0 Å². The van der Waals surface area contributed by atoms with Crippen molar-refractivity contribution in [3.8, 4) is 0 Å². The minimum absolute atomic E-state index is 0.114. The van der Waals surface area contributed by atoms with E-state index >= 15 is 0 Å². The molecule has 1 aliphatic heterocycles. The molecule has 1 fully saturated rings. The molecule has 10 heteroatoms. The first kappa shape index (κ1) is 19.1. The number of hydrogen-bond acceptors (Lipinski definition) is 6. The molecule has 0 saturated carbocycles. The zero-order valence-electron chi connectivity index (χ0n) is 15.4. The number of aliphatic hydroxyl groups excluding tert-OH is 1. The summed E-state index contributed by atoms with van der Waals surface area (Å²) in [7, 11) is 0. The Morgan fingerprint density at radius 2 is 2.07 bits per heavy atom. The number of anilines is 3. The number of benzene rings is 1. The van der Waals surface area contributed by atoms with Crippen LogP contribution in [0.1, 0.15) is 16.8 Å². The van der Waals surface area contributed by atoms with Crippen LogP contribution >= 0.6 is 0 Å². The number of pyridine rings is 1. The zero-order valence-corrected chi connectivity index (χ0v) is 15.4. The first-order chi connectivity index (χ1) is 14.1. The lowest BCUT2D eigenvalue weighted by Gasteiger charge is -2.33. The second-order valence-corrected chi connectivity index (χ2v) is 6.54. The fourth-order valence-electron chi connectivity index (χ4n) is 3.07. The Labute approximate surface area is 164 Å². The average Bonchev–Trinajstić information content (AvgIpc) is 3.15. The minimum Gasteiger partial charge on any atom is -0.394 e. The number of aromatic nitrogens is 2. The molecule has 1 aliphatic rings. The highest BCUT2D eigenvalue weighted by Gasteiger charge is 2.21. The highest BCUT2D eigenvalue weighted by atomic mass is 19.1. The number of nitrogens with zero attached hydrogens (tertiary/aromatic N) is 3. The molecular weight excluding hydrogens is 384 g/mol. The largest absolute Gasteiger partial charge is 0.394 e. The third-order valence-electron chi connectivity index (χ3n) is 4.68. The van der Waals surface area contributed by atoms with Gasteiger partial charge in [-0.1, -0.05) is 0 Å². The number of hydroxylamine groups is 1. The molecule has 0 spiro atoms. The number of hydrogen-bond donors (Lipinski definition) is 3. The van der Waals surface area contributed by atoms with Gasteiger partial charge in [0, 0.05) is 18.8 Å². The Kier molecular flexibility index (Phi) is 5.28. The number of imidazole rings is 1. The molecule has 152 valence electrons. The van der Waals surface area contributed by atoms with Crippen molar-refractivity contribution in [3.63, 3.8) is 0 Å². The summed E-state index contributed by atoms with van der Waals surface area (Å²) >= 11 is 0. The lowest BCUT2D eigenvalue weighted by Crippen LogP contribution is -2.36. The summed E-state index contributed by atoms with van der Waals surface area (Å²) < 4.78 is 30.4. The lowest BCUT2D eigenvalue weighted by molar-refractivity contribution is 0.0168. The SMILES string of the molecule is O=C(NOCCO)c1cc(F)c2cncn2c1Nc1ccc(N2CCC2)cc1F. The standard InChI is InChI=1S/C19H19F2N5O3/c20-14-8-12(25-4-1-5-25)2-3-16(14)23-18-13(19(28)24-29-7-6-27)9-15(21)17-10-22-11-26(17)18/h2-3,8-11,23,27H,1,4-7H2,(H,24,28). The van der Waals surface area contributed by atoms with Crippen LogP contribution in [0.3, 0.4) is 0 Å². The summed E-state index contributed by atoms with van der Waals surface area (Å²) in [5.74, 6) is -1.81. The van der Waals surface area contributed by atoms with Gasteiger partial charge in [-0.2, -0.15) is 0 Å². The summed E-state index contributed by atoms with van der Waals surface area (Å²) in [5.41, 5.74) is 3.04. The van der Waals surface area contributed by atoms with E-state index in [4.69, 9.17) is 9.94 Å². The van der Waals surface area contributed by atoms with Crippen LogP contribution in [0.25, 0.3) is 5.52 Å². The third kappa shape index (κ3) is 3.71. The second-order valence-electron chi connectivity index (χ2n) is 6.54. The van der Waals surface area contributed by atoms with Crippen molar-refractivity contribution < 1.29 is 23.5 Å². The maximum atomic E-state index is 14.7. The van der Waals surface area contributed by atoms with Gasteiger partial charge in [-0.25, -0.2) is 19.2 Å². The van der Waals surface area contributed by atoms with E-state index < -0.39 is 17.5 Å². The van der Waals surface area contributed by atoms with E-state index in [2.05, 4.69) is 20.7 Å². The van der Waals surface area contributed by atoms with Crippen LogP contribution in [0, 0.1) is 11.6 Å². The smallest absolute Gasteiger partial charge is 0.278 e. The fraction of sp³-hybridized carbons (Fsp3) is 0.263. The van der Waals surface area contributed by atoms with Crippen LogP contribution in [-0.2, 0) is 4.84 Å². The molecule has 0 aliphatic carbocycles. The Bertz CT molecular complexity index is 1050. The molecule has 0 unspecified atom stereocenters. The van der Waals surface area contributed by atoms with Crippen LogP contribution < -0.4 is 15.7 Å². The second kappa shape index (κ2) is 8.02. The van der Waals surface area contributed by atoms with E-state index in [-0.39, 0.29) is 35.8 Å². The molecule has 0 bridgehead atoms. The first-order valence-electron chi connectivity index (χ1n) is 9.07. The molecule has 8 nitrogen and oxygen atoms in total. The predicted molar refractivity (Wildman–Crippen MR) is 102 cm³/mol. The number of carbonyl (C=O) groups excluding carboxylic acids is 1. The molecule has 3 N–H and O–H groups in total. The van der Waals surface area contributed by atoms with Gasteiger partial charge < -0.3 is 15.3 Å².